The van der Waals surface area contributed by atoms with Gasteiger partial charge in [0.1, 0.15) is 0 Å². The van der Waals surface area contributed by atoms with E-state index in [4.69, 9.17) is 0 Å². The molecule has 0 radical (unpaired) electrons. The van der Waals surface area contributed by atoms with Crippen molar-refractivity contribution in [2.45, 2.75) is 52.0 Å². The van der Waals surface area contributed by atoms with Crippen LogP contribution in [0, 0.1) is 18.8 Å². The van der Waals surface area contributed by atoms with E-state index in [2.05, 4.69) is 37.3 Å². The molecule has 2 rings (SSSR count). The molecular weight excluding hydrogens is 220 g/mol. The number of aryl methyl sites for hydroxylation is 1. The Morgan fingerprint density at radius 3 is 2.83 bits per heavy atom. The maximum absolute atomic E-state index is 4.22. The van der Waals surface area contributed by atoms with E-state index in [1.54, 1.807) is 0 Å². The molecule has 1 heterocycles. The van der Waals surface area contributed by atoms with Gasteiger partial charge in [-0.3, -0.25) is 4.98 Å². The lowest BCUT2D eigenvalue weighted by Crippen LogP contribution is -2.33. The van der Waals surface area contributed by atoms with Crippen LogP contribution in [0.1, 0.15) is 56.2 Å². The number of nitrogens with one attached hydrogen (secondary N) is 1. The Morgan fingerprint density at radius 2 is 2.17 bits per heavy atom. The number of aromatic nitrogens is 1. The van der Waals surface area contributed by atoms with Crippen molar-refractivity contribution in [3.05, 3.63) is 29.6 Å². The smallest absolute Gasteiger partial charge is 0.0352 e. The van der Waals surface area contributed by atoms with E-state index in [0.717, 1.165) is 11.8 Å². The molecule has 3 atom stereocenters. The molecule has 100 valence electrons. The van der Waals surface area contributed by atoms with E-state index in [9.17, 15) is 0 Å². The maximum Gasteiger partial charge on any atom is 0.0352 e. The number of hydrogen-bond donors (Lipinski definition) is 1. The van der Waals surface area contributed by atoms with Crippen molar-refractivity contribution < 1.29 is 0 Å². The summed E-state index contributed by atoms with van der Waals surface area (Å²) in [6.07, 6.45) is 10.8. The van der Waals surface area contributed by atoms with Gasteiger partial charge in [-0.1, -0.05) is 32.6 Å². The number of pyridine rings is 1. The third-order valence-corrected chi connectivity index (χ3v) is 4.63. The second kappa shape index (κ2) is 6.33. The molecule has 18 heavy (non-hydrogen) atoms. The van der Waals surface area contributed by atoms with Crippen LogP contribution in [0.4, 0.5) is 0 Å². The van der Waals surface area contributed by atoms with Gasteiger partial charge in [0.25, 0.3) is 0 Å². The van der Waals surface area contributed by atoms with Crippen molar-refractivity contribution in [1.82, 2.24) is 10.3 Å². The standard InChI is InChI=1S/C16H26N2/c1-4-13-7-5-6-8-15(13)16(17-3)14-9-10-18-11-12(14)2/h9-11,13,15-17H,4-8H2,1-3H3. The predicted molar refractivity (Wildman–Crippen MR) is 76.5 cm³/mol. The summed E-state index contributed by atoms with van der Waals surface area (Å²) in [5.74, 6) is 1.67. The fraction of sp³-hybridized carbons (Fsp3) is 0.688. The number of rotatable bonds is 4. The highest BCUT2D eigenvalue weighted by Crippen LogP contribution is 2.40. The van der Waals surface area contributed by atoms with Gasteiger partial charge in [-0.15, -0.1) is 0 Å². The first-order chi connectivity index (χ1) is 8.77. The fourth-order valence-corrected chi connectivity index (χ4v) is 3.62. The SMILES string of the molecule is CCC1CCCCC1C(NC)c1ccncc1C. The lowest BCUT2D eigenvalue weighted by atomic mass is 9.72. The van der Waals surface area contributed by atoms with Crippen molar-refractivity contribution in [2.75, 3.05) is 7.05 Å². The molecule has 0 amide bonds. The maximum atomic E-state index is 4.22. The monoisotopic (exact) mass is 246 g/mol. The van der Waals surface area contributed by atoms with Crippen molar-refractivity contribution in [3.63, 3.8) is 0 Å². The van der Waals surface area contributed by atoms with Crippen molar-refractivity contribution in [3.8, 4) is 0 Å². The van der Waals surface area contributed by atoms with E-state index in [1.807, 2.05) is 12.4 Å². The Labute approximate surface area is 111 Å². The number of nitrogens with zero attached hydrogens (tertiary/aromatic N) is 1. The van der Waals surface area contributed by atoms with Crippen LogP contribution in [0.2, 0.25) is 0 Å². The molecule has 1 aromatic rings. The zero-order chi connectivity index (χ0) is 13.0. The Bertz CT molecular complexity index is 375. The summed E-state index contributed by atoms with van der Waals surface area (Å²) in [5.41, 5.74) is 2.76. The third-order valence-electron chi connectivity index (χ3n) is 4.63. The zero-order valence-corrected chi connectivity index (χ0v) is 11.9. The first kappa shape index (κ1) is 13.5. The van der Waals surface area contributed by atoms with Gasteiger partial charge < -0.3 is 5.32 Å². The summed E-state index contributed by atoms with van der Waals surface area (Å²) in [6.45, 7) is 4.52. The van der Waals surface area contributed by atoms with Crippen LogP contribution in [-0.2, 0) is 0 Å². The molecule has 0 aromatic carbocycles. The molecule has 1 saturated carbocycles. The Kier molecular flexibility index (Phi) is 4.76. The molecular formula is C16H26N2. The lowest BCUT2D eigenvalue weighted by Gasteiger charge is -2.37. The minimum Gasteiger partial charge on any atom is -0.313 e. The van der Waals surface area contributed by atoms with Crippen LogP contribution in [0.5, 0.6) is 0 Å². The van der Waals surface area contributed by atoms with Crippen molar-refractivity contribution >= 4 is 0 Å². The molecule has 1 N–H and O–H groups in total. The van der Waals surface area contributed by atoms with Gasteiger partial charge in [-0.2, -0.15) is 0 Å². The third kappa shape index (κ3) is 2.74. The first-order valence-corrected chi connectivity index (χ1v) is 7.35. The molecule has 2 heteroatoms. The summed E-state index contributed by atoms with van der Waals surface area (Å²) < 4.78 is 0. The van der Waals surface area contributed by atoms with E-state index >= 15 is 0 Å². The Hall–Kier alpha value is -0.890. The second-order valence-electron chi connectivity index (χ2n) is 5.62. The molecule has 0 aliphatic heterocycles. The van der Waals surface area contributed by atoms with Gasteiger partial charge in [0, 0.05) is 18.4 Å². The normalized spacial score (nSPS) is 25.9. The fourth-order valence-electron chi connectivity index (χ4n) is 3.62. The average Bonchev–Trinajstić information content (AvgIpc) is 2.42. The zero-order valence-electron chi connectivity index (χ0n) is 11.9. The van der Waals surface area contributed by atoms with Crippen LogP contribution in [-0.4, -0.2) is 12.0 Å². The lowest BCUT2D eigenvalue weighted by molar-refractivity contribution is 0.180. The topological polar surface area (TPSA) is 24.9 Å². The van der Waals surface area contributed by atoms with Gasteiger partial charge in [0.15, 0.2) is 0 Å². The van der Waals surface area contributed by atoms with Crippen LogP contribution in [0.3, 0.4) is 0 Å². The molecule has 0 bridgehead atoms. The molecule has 0 saturated heterocycles. The van der Waals surface area contributed by atoms with Crippen molar-refractivity contribution in [1.29, 1.82) is 0 Å². The number of hydrogen-bond acceptors (Lipinski definition) is 2. The highest BCUT2D eigenvalue weighted by molar-refractivity contribution is 5.26. The van der Waals surface area contributed by atoms with Crippen LogP contribution in [0.15, 0.2) is 18.5 Å². The highest BCUT2D eigenvalue weighted by Gasteiger charge is 2.31. The van der Waals surface area contributed by atoms with Gasteiger partial charge in [-0.05, 0) is 49.4 Å². The minimum atomic E-state index is 0.498. The van der Waals surface area contributed by atoms with Crippen LogP contribution in [0.25, 0.3) is 0 Å². The van der Waals surface area contributed by atoms with E-state index in [-0.39, 0.29) is 0 Å². The van der Waals surface area contributed by atoms with Gasteiger partial charge in [0.2, 0.25) is 0 Å². The quantitative estimate of drug-likeness (QED) is 0.872. The molecule has 2 nitrogen and oxygen atoms in total. The Balaban J connectivity index is 2.24. The molecule has 1 fully saturated rings. The largest absolute Gasteiger partial charge is 0.313 e. The summed E-state index contributed by atoms with van der Waals surface area (Å²) in [5, 5.41) is 3.57. The minimum absolute atomic E-state index is 0.498. The second-order valence-corrected chi connectivity index (χ2v) is 5.62. The van der Waals surface area contributed by atoms with Gasteiger partial charge in [0.05, 0.1) is 0 Å². The molecule has 1 aliphatic rings. The predicted octanol–water partition coefficient (Wildman–Crippen LogP) is 3.87. The summed E-state index contributed by atoms with van der Waals surface area (Å²) >= 11 is 0. The summed E-state index contributed by atoms with van der Waals surface area (Å²) in [7, 11) is 2.10. The average molecular weight is 246 g/mol. The molecule has 3 unspecified atom stereocenters. The van der Waals surface area contributed by atoms with Gasteiger partial charge >= 0.3 is 0 Å². The Morgan fingerprint density at radius 1 is 1.39 bits per heavy atom. The molecule has 0 spiro atoms. The van der Waals surface area contributed by atoms with Crippen LogP contribution < -0.4 is 5.32 Å². The van der Waals surface area contributed by atoms with E-state index < -0.39 is 0 Å². The van der Waals surface area contributed by atoms with Gasteiger partial charge in [-0.25, -0.2) is 0 Å². The molecule has 1 aliphatic carbocycles. The summed E-state index contributed by atoms with van der Waals surface area (Å²) in [4.78, 5) is 4.22. The van der Waals surface area contributed by atoms with Crippen molar-refractivity contribution in [2.24, 2.45) is 11.8 Å². The van der Waals surface area contributed by atoms with E-state index in [1.165, 1.54) is 43.2 Å². The summed E-state index contributed by atoms with van der Waals surface area (Å²) in [6, 6.07) is 2.69. The highest BCUT2D eigenvalue weighted by atomic mass is 14.9. The van der Waals surface area contributed by atoms with Crippen LogP contribution >= 0.6 is 0 Å². The van der Waals surface area contributed by atoms with E-state index in [0.29, 0.717) is 6.04 Å². The molecule has 1 aromatic heterocycles. The first-order valence-electron chi connectivity index (χ1n) is 7.35.